The van der Waals surface area contributed by atoms with Gasteiger partial charge in [-0.2, -0.15) is 8.42 Å². The topological polar surface area (TPSA) is 136 Å². The summed E-state index contributed by atoms with van der Waals surface area (Å²) in [6, 6.07) is 10.5. The molecular formula is C24H27N5O4S2. The Balaban J connectivity index is 1.29. The van der Waals surface area contributed by atoms with Crippen LogP contribution in [0.1, 0.15) is 57.2 Å². The smallest absolute Gasteiger partial charge is 0.333 e. The summed E-state index contributed by atoms with van der Waals surface area (Å²) in [6.45, 7) is 0.953. The summed E-state index contributed by atoms with van der Waals surface area (Å²) in [4.78, 5) is 22.5. The Morgan fingerprint density at radius 2 is 2.14 bits per heavy atom. The first-order valence-corrected chi connectivity index (χ1v) is 13.9. The summed E-state index contributed by atoms with van der Waals surface area (Å²) in [5.41, 5.74) is 4.08. The van der Waals surface area contributed by atoms with E-state index in [2.05, 4.69) is 38.8 Å². The number of anilines is 1. The number of carbonyl (C=O) groups excluding carboxylic acids is 1. The Kier molecular flexibility index (Phi) is 6.94. The van der Waals surface area contributed by atoms with E-state index >= 15 is 0 Å². The quantitative estimate of drug-likeness (QED) is 0.391. The second kappa shape index (κ2) is 10.1. The van der Waals surface area contributed by atoms with E-state index in [9.17, 15) is 13.2 Å². The first-order valence-electron chi connectivity index (χ1n) is 11.6. The SMILES string of the molecule is NS(=O)(=O)OCC1CC[C@H](Nc2ncncc2C(=O)c2cc(C3NCCc4ccccc43)cs2)C1. The van der Waals surface area contributed by atoms with Crippen molar-refractivity contribution in [2.24, 2.45) is 11.1 Å². The fourth-order valence-electron chi connectivity index (χ4n) is 4.91. The average molecular weight is 514 g/mol. The van der Waals surface area contributed by atoms with Crippen LogP contribution >= 0.6 is 11.3 Å². The molecule has 1 aliphatic carbocycles. The highest BCUT2D eigenvalue weighted by Gasteiger charge is 2.28. The van der Waals surface area contributed by atoms with Crippen molar-refractivity contribution in [3.05, 3.63) is 75.4 Å². The van der Waals surface area contributed by atoms with Crippen LogP contribution in [-0.4, -0.2) is 43.4 Å². The molecule has 0 radical (unpaired) electrons. The third kappa shape index (κ3) is 5.60. The second-order valence-corrected chi connectivity index (χ2v) is 11.1. The Morgan fingerprint density at radius 3 is 3.00 bits per heavy atom. The number of hydrogen-bond donors (Lipinski definition) is 3. The Bertz CT molecular complexity index is 1330. The number of ketones is 1. The maximum absolute atomic E-state index is 13.4. The fourth-order valence-corrected chi connectivity index (χ4v) is 6.18. The van der Waals surface area contributed by atoms with Crippen LogP contribution < -0.4 is 15.8 Å². The monoisotopic (exact) mass is 513 g/mol. The van der Waals surface area contributed by atoms with Crippen molar-refractivity contribution in [3.8, 4) is 0 Å². The van der Waals surface area contributed by atoms with E-state index in [4.69, 9.17) is 9.32 Å². The van der Waals surface area contributed by atoms with Gasteiger partial charge in [0.05, 0.1) is 23.1 Å². The number of aromatic nitrogens is 2. The van der Waals surface area contributed by atoms with Gasteiger partial charge in [-0.05, 0) is 59.7 Å². The third-order valence-electron chi connectivity index (χ3n) is 6.59. The molecule has 2 aliphatic rings. The normalized spacial score (nSPS) is 22.0. The fraction of sp³-hybridized carbons (Fsp3) is 0.375. The number of thiophene rings is 1. The van der Waals surface area contributed by atoms with Gasteiger partial charge in [0.1, 0.15) is 12.1 Å². The average Bonchev–Trinajstić information content (AvgIpc) is 3.52. The molecule has 35 heavy (non-hydrogen) atoms. The van der Waals surface area contributed by atoms with Crippen molar-refractivity contribution >= 4 is 33.2 Å². The zero-order valence-corrected chi connectivity index (χ0v) is 20.6. The molecule has 0 bridgehead atoms. The lowest BCUT2D eigenvalue weighted by Crippen LogP contribution is -2.30. The van der Waals surface area contributed by atoms with E-state index in [-0.39, 0.29) is 30.4 Å². The van der Waals surface area contributed by atoms with Gasteiger partial charge in [0.15, 0.2) is 0 Å². The number of rotatable bonds is 8. The highest BCUT2D eigenvalue weighted by atomic mass is 32.2. The van der Waals surface area contributed by atoms with E-state index in [1.807, 2.05) is 17.5 Å². The van der Waals surface area contributed by atoms with Gasteiger partial charge in [0, 0.05) is 18.8 Å². The standard InChI is InChI=1S/C24H27N5O4S2/c25-35(31,32)33-12-15-5-6-18(9-15)29-24-20(11-26-14-28-24)23(30)21-10-17(13-34-21)22-19-4-2-1-3-16(19)7-8-27-22/h1-4,10-11,13-15,18,22,27H,5-9,12H2,(H2,25,31,32)(H,26,28,29)/t15?,18-,22?/m0/s1. The minimum absolute atomic E-state index is 0.0485. The van der Waals surface area contributed by atoms with Gasteiger partial charge in [0.25, 0.3) is 0 Å². The van der Waals surface area contributed by atoms with Crippen LogP contribution in [0.4, 0.5) is 5.82 Å². The molecule has 1 aliphatic heterocycles. The number of benzene rings is 1. The van der Waals surface area contributed by atoms with Crippen molar-refractivity contribution in [2.45, 2.75) is 37.8 Å². The molecule has 3 heterocycles. The van der Waals surface area contributed by atoms with Crippen molar-refractivity contribution in [1.82, 2.24) is 15.3 Å². The molecule has 5 rings (SSSR count). The van der Waals surface area contributed by atoms with Crippen molar-refractivity contribution in [3.63, 3.8) is 0 Å². The highest BCUT2D eigenvalue weighted by molar-refractivity contribution is 7.84. The largest absolute Gasteiger partial charge is 0.367 e. The zero-order valence-electron chi connectivity index (χ0n) is 19.0. The minimum atomic E-state index is -3.95. The molecule has 0 amide bonds. The summed E-state index contributed by atoms with van der Waals surface area (Å²) < 4.78 is 26.9. The Hall–Kier alpha value is -2.70. The van der Waals surface area contributed by atoms with Crippen LogP contribution in [0, 0.1) is 5.92 Å². The Labute approximate surface area is 208 Å². The predicted molar refractivity (Wildman–Crippen MR) is 134 cm³/mol. The molecule has 1 fully saturated rings. The molecule has 184 valence electrons. The number of carbonyl (C=O) groups is 1. The second-order valence-electron chi connectivity index (χ2n) is 8.99. The maximum atomic E-state index is 13.4. The Morgan fingerprint density at radius 1 is 1.29 bits per heavy atom. The summed E-state index contributed by atoms with van der Waals surface area (Å²) >= 11 is 1.42. The van der Waals surface area contributed by atoms with Crippen LogP contribution in [0.5, 0.6) is 0 Å². The van der Waals surface area contributed by atoms with E-state index in [0.717, 1.165) is 31.4 Å². The molecule has 3 atom stereocenters. The maximum Gasteiger partial charge on any atom is 0.333 e. The molecule has 0 spiro atoms. The number of nitrogens with two attached hydrogens (primary N) is 1. The molecule has 4 N–H and O–H groups in total. The molecule has 2 unspecified atom stereocenters. The van der Waals surface area contributed by atoms with Crippen molar-refractivity contribution in [1.29, 1.82) is 0 Å². The molecular weight excluding hydrogens is 486 g/mol. The number of nitrogens with zero attached hydrogens (tertiary/aromatic N) is 2. The van der Waals surface area contributed by atoms with E-state index in [0.29, 0.717) is 22.7 Å². The summed E-state index contributed by atoms with van der Waals surface area (Å²) in [7, 11) is -3.95. The number of fused-ring (bicyclic) bond motifs is 1. The molecule has 11 heteroatoms. The third-order valence-corrected chi connectivity index (χ3v) is 8.00. The molecule has 0 saturated heterocycles. The van der Waals surface area contributed by atoms with Gasteiger partial charge >= 0.3 is 10.3 Å². The molecule has 9 nitrogen and oxygen atoms in total. The van der Waals surface area contributed by atoms with E-state index in [1.165, 1.54) is 28.8 Å². The van der Waals surface area contributed by atoms with Crippen LogP contribution in [-0.2, 0) is 20.9 Å². The predicted octanol–water partition coefficient (Wildman–Crippen LogP) is 2.80. The van der Waals surface area contributed by atoms with Crippen LogP contribution in [0.25, 0.3) is 0 Å². The molecule has 3 aromatic rings. The van der Waals surface area contributed by atoms with Crippen molar-refractivity contribution in [2.75, 3.05) is 18.5 Å². The number of nitrogens with one attached hydrogen (secondary N) is 2. The summed E-state index contributed by atoms with van der Waals surface area (Å²) in [5.74, 6) is 0.428. The van der Waals surface area contributed by atoms with Gasteiger partial charge in [-0.25, -0.2) is 15.1 Å². The first-order chi connectivity index (χ1) is 16.9. The lowest BCUT2D eigenvalue weighted by Gasteiger charge is -2.26. The van der Waals surface area contributed by atoms with Gasteiger partial charge in [-0.3, -0.25) is 8.98 Å². The van der Waals surface area contributed by atoms with Crippen LogP contribution in [0.15, 0.2) is 48.2 Å². The van der Waals surface area contributed by atoms with Gasteiger partial charge in [-0.1, -0.05) is 24.3 Å². The van der Waals surface area contributed by atoms with Gasteiger partial charge in [0.2, 0.25) is 5.78 Å². The van der Waals surface area contributed by atoms with E-state index in [1.54, 1.807) is 6.20 Å². The first kappa shape index (κ1) is 24.0. The summed E-state index contributed by atoms with van der Waals surface area (Å²) in [5, 5.41) is 13.9. The lowest BCUT2D eigenvalue weighted by atomic mass is 9.91. The van der Waals surface area contributed by atoms with Gasteiger partial charge in [-0.15, -0.1) is 11.3 Å². The zero-order chi connectivity index (χ0) is 24.4. The summed E-state index contributed by atoms with van der Waals surface area (Å²) in [6.07, 6.45) is 6.26. The molecule has 1 aromatic carbocycles. The lowest BCUT2D eigenvalue weighted by molar-refractivity contribution is 0.104. The number of hydrogen-bond acceptors (Lipinski definition) is 9. The molecule has 2 aromatic heterocycles. The van der Waals surface area contributed by atoms with Gasteiger partial charge < -0.3 is 10.6 Å². The van der Waals surface area contributed by atoms with Crippen LogP contribution in [0.2, 0.25) is 0 Å². The van der Waals surface area contributed by atoms with E-state index < -0.39 is 10.3 Å². The highest BCUT2D eigenvalue weighted by Crippen LogP contribution is 2.33. The van der Waals surface area contributed by atoms with Crippen LogP contribution in [0.3, 0.4) is 0 Å². The van der Waals surface area contributed by atoms with Crippen molar-refractivity contribution < 1.29 is 17.4 Å². The minimum Gasteiger partial charge on any atom is -0.367 e. The molecule has 1 saturated carbocycles.